The van der Waals surface area contributed by atoms with Gasteiger partial charge in [-0.3, -0.25) is 9.59 Å². The molecule has 3 N–H and O–H groups in total. The van der Waals surface area contributed by atoms with Crippen molar-refractivity contribution < 1.29 is 9.59 Å². The molecule has 0 spiro atoms. The molecule has 5 heteroatoms. The number of H-pyrrole nitrogens is 1. The first-order valence-corrected chi connectivity index (χ1v) is 4.23. The number of primary amides is 1. The van der Waals surface area contributed by atoms with Gasteiger partial charge in [0.1, 0.15) is 0 Å². The number of nitrogens with one attached hydrogen (secondary N) is 1. The summed E-state index contributed by atoms with van der Waals surface area (Å²) in [6.07, 6.45) is 3.72. The molecule has 0 radical (unpaired) electrons. The fraction of sp³-hybridized carbons (Fsp3) is 0.333. The van der Waals surface area contributed by atoms with Crippen LogP contribution in [0, 0.1) is 0 Å². The number of ketones is 1. The summed E-state index contributed by atoms with van der Waals surface area (Å²) in [5.74, 6) is -0.510. The molecule has 1 heterocycles. The number of hydrogen-bond donors (Lipinski definition) is 2. The molecule has 1 aromatic heterocycles. The van der Waals surface area contributed by atoms with E-state index in [1.54, 1.807) is 0 Å². The lowest BCUT2D eigenvalue weighted by Gasteiger charge is -2.10. The van der Waals surface area contributed by atoms with Gasteiger partial charge in [0.15, 0.2) is 5.78 Å². The van der Waals surface area contributed by atoms with Crippen molar-refractivity contribution in [2.75, 3.05) is 0 Å². The Morgan fingerprint density at radius 3 is 2.79 bits per heavy atom. The van der Waals surface area contributed by atoms with Crippen LogP contribution in [0.4, 0.5) is 0 Å². The maximum atomic E-state index is 11.4. The maximum absolute atomic E-state index is 11.4. The molecule has 14 heavy (non-hydrogen) atoms. The number of halogens is 1. The molecular formula is C9H11ClN2O2. The molecular weight excluding hydrogens is 204 g/mol. The predicted octanol–water partition coefficient (Wildman–Crippen LogP) is 1.05. The van der Waals surface area contributed by atoms with Crippen molar-refractivity contribution in [3.8, 4) is 0 Å². The van der Waals surface area contributed by atoms with E-state index in [0.717, 1.165) is 18.5 Å². The molecule has 1 aliphatic rings. The summed E-state index contributed by atoms with van der Waals surface area (Å²) >= 11 is 0. The van der Waals surface area contributed by atoms with Gasteiger partial charge >= 0.3 is 0 Å². The third-order valence-electron chi connectivity index (χ3n) is 2.34. The van der Waals surface area contributed by atoms with Gasteiger partial charge < -0.3 is 10.7 Å². The van der Waals surface area contributed by atoms with Gasteiger partial charge in [-0.1, -0.05) is 0 Å². The van der Waals surface area contributed by atoms with Crippen LogP contribution in [0.15, 0.2) is 6.20 Å². The summed E-state index contributed by atoms with van der Waals surface area (Å²) in [4.78, 5) is 25.3. The highest BCUT2D eigenvalue weighted by Gasteiger charge is 2.24. The Balaban J connectivity index is 0.000000980. The van der Waals surface area contributed by atoms with E-state index in [0.29, 0.717) is 17.5 Å². The van der Waals surface area contributed by atoms with E-state index in [-0.39, 0.29) is 18.2 Å². The van der Waals surface area contributed by atoms with E-state index < -0.39 is 5.91 Å². The zero-order valence-electron chi connectivity index (χ0n) is 7.50. The highest BCUT2D eigenvalue weighted by molar-refractivity contribution is 6.09. The number of amides is 1. The van der Waals surface area contributed by atoms with E-state index in [9.17, 15) is 9.59 Å². The molecule has 76 valence electrons. The number of carbonyl (C=O) groups is 2. The fourth-order valence-corrected chi connectivity index (χ4v) is 1.73. The minimum absolute atomic E-state index is 0. The van der Waals surface area contributed by atoms with Crippen LogP contribution in [0.5, 0.6) is 0 Å². The quantitative estimate of drug-likeness (QED) is 0.733. The van der Waals surface area contributed by atoms with Gasteiger partial charge in [0, 0.05) is 18.3 Å². The molecule has 0 aromatic carbocycles. The first kappa shape index (κ1) is 10.8. The molecule has 0 saturated carbocycles. The van der Waals surface area contributed by atoms with Crippen LogP contribution in [0.25, 0.3) is 0 Å². The van der Waals surface area contributed by atoms with Crippen molar-refractivity contribution in [3.63, 3.8) is 0 Å². The smallest absolute Gasteiger partial charge is 0.250 e. The second-order valence-electron chi connectivity index (χ2n) is 3.20. The largest absolute Gasteiger partial charge is 0.366 e. The molecule has 2 rings (SSSR count). The number of rotatable bonds is 1. The Morgan fingerprint density at radius 1 is 1.43 bits per heavy atom. The number of nitrogens with two attached hydrogens (primary N) is 1. The first-order valence-electron chi connectivity index (χ1n) is 4.23. The average Bonchev–Trinajstić information content (AvgIpc) is 2.49. The molecule has 4 nitrogen and oxygen atoms in total. The topological polar surface area (TPSA) is 76.0 Å². The summed E-state index contributed by atoms with van der Waals surface area (Å²) < 4.78 is 0. The van der Waals surface area contributed by atoms with Gasteiger partial charge in [-0.05, 0) is 12.8 Å². The van der Waals surface area contributed by atoms with Gasteiger partial charge in [-0.2, -0.15) is 0 Å². The molecule has 0 fully saturated rings. The minimum Gasteiger partial charge on any atom is -0.366 e. The SMILES string of the molecule is Cl.NC(=O)c1c[nH]c2c1C(=O)CCC2. The third-order valence-corrected chi connectivity index (χ3v) is 2.34. The zero-order valence-corrected chi connectivity index (χ0v) is 8.32. The van der Waals surface area contributed by atoms with E-state index in [1.165, 1.54) is 6.20 Å². The lowest BCUT2D eigenvalue weighted by atomic mass is 9.94. The Morgan fingerprint density at radius 2 is 2.14 bits per heavy atom. The Hall–Kier alpha value is -1.29. The van der Waals surface area contributed by atoms with Crippen molar-refractivity contribution in [1.29, 1.82) is 0 Å². The van der Waals surface area contributed by atoms with Crippen LogP contribution in [-0.2, 0) is 6.42 Å². The lowest BCUT2D eigenvalue weighted by molar-refractivity contribution is 0.0950. The highest BCUT2D eigenvalue weighted by Crippen LogP contribution is 2.23. The molecule has 0 bridgehead atoms. The summed E-state index contributed by atoms with van der Waals surface area (Å²) in [5, 5.41) is 0. The fourth-order valence-electron chi connectivity index (χ4n) is 1.73. The predicted molar refractivity (Wildman–Crippen MR) is 53.8 cm³/mol. The molecule has 1 aromatic rings. The lowest BCUT2D eigenvalue weighted by Crippen LogP contribution is -2.17. The second kappa shape index (κ2) is 3.84. The number of hydrogen-bond acceptors (Lipinski definition) is 2. The number of carbonyl (C=O) groups excluding carboxylic acids is 2. The first-order chi connectivity index (χ1) is 6.20. The van der Waals surface area contributed by atoms with Crippen LogP contribution >= 0.6 is 12.4 Å². The molecule has 1 aliphatic carbocycles. The van der Waals surface area contributed by atoms with E-state index in [4.69, 9.17) is 5.73 Å². The summed E-state index contributed by atoms with van der Waals surface area (Å²) in [7, 11) is 0. The van der Waals surface area contributed by atoms with Crippen LogP contribution < -0.4 is 5.73 Å². The standard InChI is InChI=1S/C9H10N2O2.ClH/c10-9(13)5-4-11-6-2-1-3-7(12)8(5)6;/h4,11H,1-3H2,(H2,10,13);1H. The van der Waals surface area contributed by atoms with E-state index in [2.05, 4.69) is 4.98 Å². The molecule has 0 saturated heterocycles. The zero-order chi connectivity index (χ0) is 9.42. The number of aryl methyl sites for hydroxylation is 1. The van der Waals surface area contributed by atoms with Gasteiger partial charge in [-0.15, -0.1) is 12.4 Å². The number of aromatic nitrogens is 1. The Bertz CT molecular complexity index is 384. The van der Waals surface area contributed by atoms with Crippen molar-refractivity contribution in [2.45, 2.75) is 19.3 Å². The molecule has 1 amide bonds. The van der Waals surface area contributed by atoms with Crippen LogP contribution in [0.1, 0.15) is 39.3 Å². The third kappa shape index (κ3) is 1.53. The Kier molecular flexibility index (Phi) is 2.96. The van der Waals surface area contributed by atoms with Gasteiger partial charge in [-0.25, -0.2) is 0 Å². The van der Waals surface area contributed by atoms with Gasteiger partial charge in [0.25, 0.3) is 5.91 Å². The molecule has 0 aliphatic heterocycles. The van der Waals surface area contributed by atoms with Crippen LogP contribution in [-0.4, -0.2) is 16.7 Å². The number of Topliss-reactive ketones (excluding diaryl/α,β-unsaturated/α-hetero) is 1. The van der Waals surface area contributed by atoms with Crippen molar-refractivity contribution in [2.24, 2.45) is 5.73 Å². The van der Waals surface area contributed by atoms with E-state index >= 15 is 0 Å². The number of aromatic amines is 1. The van der Waals surface area contributed by atoms with Crippen molar-refractivity contribution >= 4 is 24.1 Å². The highest BCUT2D eigenvalue weighted by atomic mass is 35.5. The monoisotopic (exact) mass is 214 g/mol. The molecule has 0 atom stereocenters. The van der Waals surface area contributed by atoms with Crippen LogP contribution in [0.2, 0.25) is 0 Å². The number of fused-ring (bicyclic) bond motifs is 1. The molecule has 0 unspecified atom stereocenters. The summed E-state index contributed by atoms with van der Waals surface area (Å²) in [6.45, 7) is 0. The van der Waals surface area contributed by atoms with E-state index in [1.807, 2.05) is 0 Å². The minimum atomic E-state index is -0.534. The maximum Gasteiger partial charge on any atom is 0.250 e. The van der Waals surface area contributed by atoms with Crippen molar-refractivity contribution in [1.82, 2.24) is 4.98 Å². The van der Waals surface area contributed by atoms with Gasteiger partial charge in [0.05, 0.1) is 11.1 Å². The van der Waals surface area contributed by atoms with Crippen LogP contribution in [0.3, 0.4) is 0 Å². The second-order valence-corrected chi connectivity index (χ2v) is 3.20. The summed E-state index contributed by atoms with van der Waals surface area (Å²) in [5.41, 5.74) is 6.83. The summed E-state index contributed by atoms with van der Waals surface area (Å²) in [6, 6.07) is 0. The normalized spacial score (nSPS) is 14.4. The Labute approximate surface area is 87.3 Å². The average molecular weight is 215 g/mol. The van der Waals surface area contributed by atoms with Gasteiger partial charge in [0.2, 0.25) is 0 Å². The van der Waals surface area contributed by atoms with Crippen molar-refractivity contribution in [3.05, 3.63) is 23.0 Å².